The molecule has 6 nitrogen and oxygen atoms in total. The van der Waals surface area contributed by atoms with Crippen LogP contribution >= 0.6 is 0 Å². The predicted molar refractivity (Wildman–Crippen MR) is 54.1 cm³/mol. The van der Waals surface area contributed by atoms with Crippen molar-refractivity contribution in [2.75, 3.05) is 13.2 Å². The summed E-state index contributed by atoms with van der Waals surface area (Å²) >= 11 is 0. The molecule has 0 unspecified atom stereocenters. The Morgan fingerprint density at radius 2 is 1.62 bits per heavy atom. The van der Waals surface area contributed by atoms with Gasteiger partial charge in [0.25, 0.3) is 0 Å². The zero-order valence-corrected chi connectivity index (χ0v) is 8.72. The van der Waals surface area contributed by atoms with Gasteiger partial charge in [-0.05, 0) is 0 Å². The van der Waals surface area contributed by atoms with Crippen LogP contribution in [0.25, 0.3) is 0 Å². The lowest BCUT2D eigenvalue weighted by atomic mass is 10.2. The second kappa shape index (κ2) is 6.76. The Bertz CT molecular complexity index is 281. The Morgan fingerprint density at radius 3 is 2.12 bits per heavy atom. The quantitative estimate of drug-likeness (QED) is 0.348. The first kappa shape index (κ1) is 14.3. The minimum absolute atomic E-state index is 0.219. The summed E-state index contributed by atoms with van der Waals surface area (Å²) in [6.45, 7) is 5.47. The molecule has 0 heterocycles. The Morgan fingerprint density at radius 1 is 1.12 bits per heavy atom. The highest BCUT2D eigenvalue weighted by atomic mass is 16.6. The molecule has 0 spiro atoms. The summed E-state index contributed by atoms with van der Waals surface area (Å²) in [5.41, 5.74) is 0. The molecule has 0 aliphatic heterocycles. The van der Waals surface area contributed by atoms with Crippen LogP contribution in [0.1, 0.15) is 6.42 Å². The SMILES string of the molecule is C=CC(=O)OCCC(O)(O)COC(=O)C=C. The predicted octanol–water partition coefficient (Wildman–Crippen LogP) is -0.484. The Hall–Kier alpha value is -1.66. The molecule has 2 N–H and O–H groups in total. The summed E-state index contributed by atoms with van der Waals surface area (Å²) in [5, 5.41) is 18.5. The molecule has 0 aromatic rings. The van der Waals surface area contributed by atoms with Gasteiger partial charge in [0.15, 0.2) is 0 Å². The lowest BCUT2D eigenvalue weighted by molar-refractivity contribution is -0.207. The van der Waals surface area contributed by atoms with Crippen molar-refractivity contribution in [2.24, 2.45) is 0 Å². The Kier molecular flexibility index (Phi) is 6.06. The second-order valence-corrected chi connectivity index (χ2v) is 2.92. The van der Waals surface area contributed by atoms with Gasteiger partial charge in [-0.25, -0.2) is 9.59 Å². The molecule has 0 aromatic heterocycles. The molecule has 16 heavy (non-hydrogen) atoms. The third kappa shape index (κ3) is 6.74. The normalized spacial score (nSPS) is 10.4. The molecule has 0 aromatic carbocycles. The molecule has 0 atom stereocenters. The number of rotatable bonds is 7. The number of hydrogen-bond acceptors (Lipinski definition) is 6. The number of ether oxygens (including phenoxy) is 2. The van der Waals surface area contributed by atoms with Crippen LogP contribution in [0.15, 0.2) is 25.3 Å². The third-order valence-electron chi connectivity index (χ3n) is 1.53. The van der Waals surface area contributed by atoms with Gasteiger partial charge in [-0.15, -0.1) is 0 Å². The number of esters is 2. The van der Waals surface area contributed by atoms with E-state index in [2.05, 4.69) is 22.6 Å². The van der Waals surface area contributed by atoms with Crippen molar-refractivity contribution in [3.63, 3.8) is 0 Å². The van der Waals surface area contributed by atoms with Crippen LogP contribution in [0.2, 0.25) is 0 Å². The van der Waals surface area contributed by atoms with E-state index in [-0.39, 0.29) is 13.0 Å². The van der Waals surface area contributed by atoms with Crippen molar-refractivity contribution < 1.29 is 29.3 Å². The molecule has 0 fully saturated rings. The van der Waals surface area contributed by atoms with Crippen LogP contribution in [-0.2, 0) is 19.1 Å². The summed E-state index contributed by atoms with van der Waals surface area (Å²) in [5.74, 6) is -3.67. The zero-order valence-electron chi connectivity index (χ0n) is 8.72. The van der Waals surface area contributed by atoms with E-state index >= 15 is 0 Å². The van der Waals surface area contributed by atoms with E-state index in [4.69, 9.17) is 0 Å². The first-order valence-corrected chi connectivity index (χ1v) is 4.44. The molecule has 0 radical (unpaired) electrons. The highest BCUT2D eigenvalue weighted by molar-refractivity contribution is 5.81. The first-order chi connectivity index (χ1) is 7.41. The van der Waals surface area contributed by atoms with Crippen molar-refractivity contribution >= 4 is 11.9 Å². The van der Waals surface area contributed by atoms with Gasteiger partial charge in [-0.1, -0.05) is 13.2 Å². The van der Waals surface area contributed by atoms with Crippen LogP contribution in [0.4, 0.5) is 0 Å². The smallest absolute Gasteiger partial charge is 0.330 e. The molecule has 6 heteroatoms. The molecule has 0 saturated heterocycles. The summed E-state index contributed by atoms with van der Waals surface area (Å²) in [4.78, 5) is 21.2. The monoisotopic (exact) mass is 230 g/mol. The van der Waals surface area contributed by atoms with E-state index < -0.39 is 24.3 Å². The van der Waals surface area contributed by atoms with E-state index in [1.54, 1.807) is 0 Å². The van der Waals surface area contributed by atoms with E-state index in [9.17, 15) is 19.8 Å². The maximum Gasteiger partial charge on any atom is 0.330 e. The fraction of sp³-hybridized carbons (Fsp3) is 0.400. The van der Waals surface area contributed by atoms with Gasteiger partial charge >= 0.3 is 11.9 Å². The third-order valence-corrected chi connectivity index (χ3v) is 1.53. The zero-order chi connectivity index (χ0) is 12.6. The van der Waals surface area contributed by atoms with Crippen LogP contribution in [-0.4, -0.2) is 41.2 Å². The Balaban J connectivity index is 3.86. The van der Waals surface area contributed by atoms with Crippen molar-refractivity contribution in [2.45, 2.75) is 12.2 Å². The standard InChI is InChI=1S/C10H14O6/c1-3-8(11)15-6-5-10(13,14)7-16-9(12)4-2/h3-4,13-14H,1-2,5-7H2. The van der Waals surface area contributed by atoms with Crippen molar-refractivity contribution in [1.29, 1.82) is 0 Å². The summed E-state index contributed by atoms with van der Waals surface area (Å²) in [6, 6.07) is 0. The molecule has 0 aliphatic carbocycles. The molecule has 0 aliphatic rings. The van der Waals surface area contributed by atoms with Crippen LogP contribution < -0.4 is 0 Å². The summed E-state index contributed by atoms with van der Waals surface area (Å²) in [6.07, 6.45) is 1.57. The molecule has 0 bridgehead atoms. The number of carbonyl (C=O) groups excluding carboxylic acids is 2. The van der Waals surface area contributed by atoms with Crippen molar-refractivity contribution in [3.05, 3.63) is 25.3 Å². The lowest BCUT2D eigenvalue weighted by Gasteiger charge is -2.20. The highest BCUT2D eigenvalue weighted by Gasteiger charge is 2.25. The molecule has 90 valence electrons. The molecular formula is C10H14O6. The number of aliphatic hydroxyl groups is 2. The van der Waals surface area contributed by atoms with Crippen LogP contribution in [0.3, 0.4) is 0 Å². The molecular weight excluding hydrogens is 216 g/mol. The fourth-order valence-electron chi connectivity index (χ4n) is 0.692. The van der Waals surface area contributed by atoms with E-state index in [1.165, 1.54) is 0 Å². The van der Waals surface area contributed by atoms with Crippen LogP contribution in [0.5, 0.6) is 0 Å². The average Bonchev–Trinajstić information content (AvgIpc) is 2.25. The Labute approximate surface area is 92.8 Å². The fourth-order valence-corrected chi connectivity index (χ4v) is 0.692. The molecule has 0 rings (SSSR count). The molecule has 0 amide bonds. The van der Waals surface area contributed by atoms with Gasteiger partial charge in [0.1, 0.15) is 6.61 Å². The minimum Gasteiger partial charge on any atom is -0.462 e. The first-order valence-electron chi connectivity index (χ1n) is 4.44. The van der Waals surface area contributed by atoms with Crippen molar-refractivity contribution in [3.8, 4) is 0 Å². The maximum absolute atomic E-state index is 10.6. The summed E-state index contributed by atoms with van der Waals surface area (Å²) < 4.78 is 8.94. The minimum atomic E-state index is -2.24. The topological polar surface area (TPSA) is 93.1 Å². The van der Waals surface area contributed by atoms with Gasteiger partial charge in [0, 0.05) is 18.6 Å². The van der Waals surface area contributed by atoms with Gasteiger partial charge in [-0.2, -0.15) is 0 Å². The van der Waals surface area contributed by atoms with E-state index in [1.807, 2.05) is 0 Å². The molecule has 0 saturated carbocycles. The highest BCUT2D eigenvalue weighted by Crippen LogP contribution is 2.07. The average molecular weight is 230 g/mol. The van der Waals surface area contributed by atoms with E-state index in [0.717, 1.165) is 12.2 Å². The van der Waals surface area contributed by atoms with Crippen molar-refractivity contribution in [1.82, 2.24) is 0 Å². The lowest BCUT2D eigenvalue weighted by Crippen LogP contribution is -2.36. The largest absolute Gasteiger partial charge is 0.462 e. The number of carbonyl (C=O) groups is 2. The maximum atomic E-state index is 10.6. The van der Waals surface area contributed by atoms with Gasteiger partial charge < -0.3 is 19.7 Å². The second-order valence-electron chi connectivity index (χ2n) is 2.92. The van der Waals surface area contributed by atoms with Gasteiger partial charge in [0.05, 0.1) is 6.61 Å². The van der Waals surface area contributed by atoms with Gasteiger partial charge in [-0.3, -0.25) is 0 Å². The van der Waals surface area contributed by atoms with E-state index in [0.29, 0.717) is 0 Å². The van der Waals surface area contributed by atoms with Gasteiger partial charge in [0.2, 0.25) is 5.79 Å². The summed E-state index contributed by atoms with van der Waals surface area (Å²) in [7, 11) is 0. The van der Waals surface area contributed by atoms with Crippen LogP contribution in [0, 0.1) is 0 Å². The number of hydrogen-bond donors (Lipinski definition) is 2.